The molecular weight excluding hydrogens is 232 g/mol. The molecule has 1 aromatic heterocycles. The molecule has 1 aromatic carbocycles. The van der Waals surface area contributed by atoms with Crippen molar-refractivity contribution in [2.24, 2.45) is 0 Å². The number of aromatic amines is 1. The first-order chi connectivity index (χ1) is 8.69. The fourth-order valence-corrected chi connectivity index (χ4v) is 2.33. The second kappa shape index (κ2) is 4.10. The van der Waals surface area contributed by atoms with Gasteiger partial charge in [0.05, 0.1) is 24.3 Å². The zero-order chi connectivity index (χ0) is 12.7. The van der Waals surface area contributed by atoms with E-state index in [0.29, 0.717) is 11.1 Å². The number of carbonyl (C=O) groups is 1. The maximum atomic E-state index is 11.6. The van der Waals surface area contributed by atoms with Crippen LogP contribution in [0.2, 0.25) is 0 Å². The highest BCUT2D eigenvalue weighted by atomic mass is 16.5. The second-order valence-electron chi connectivity index (χ2n) is 4.64. The lowest BCUT2D eigenvalue weighted by Crippen LogP contribution is -2.27. The average molecular weight is 246 g/mol. The van der Waals surface area contributed by atoms with E-state index in [4.69, 9.17) is 4.74 Å². The largest absolute Gasteiger partial charge is 0.465 e. The Morgan fingerprint density at radius 1 is 1.50 bits per heavy atom. The number of benzene rings is 1. The summed E-state index contributed by atoms with van der Waals surface area (Å²) in [6.07, 6.45) is 1.24. The number of hydrogen-bond acceptors (Lipinski definition) is 4. The predicted octanol–water partition coefficient (Wildman–Crippen LogP) is 1.59. The molecule has 0 spiro atoms. The lowest BCUT2D eigenvalue weighted by atomic mass is 9.82. The number of esters is 1. The van der Waals surface area contributed by atoms with Gasteiger partial charge < -0.3 is 14.8 Å². The third-order valence-corrected chi connectivity index (χ3v) is 3.44. The zero-order valence-electron chi connectivity index (χ0n) is 10.0. The molecule has 1 aliphatic rings. The van der Waals surface area contributed by atoms with Gasteiger partial charge in [0, 0.05) is 5.92 Å². The first-order valence-electron chi connectivity index (χ1n) is 5.94. The van der Waals surface area contributed by atoms with Crippen LogP contribution in [0, 0.1) is 0 Å². The van der Waals surface area contributed by atoms with Gasteiger partial charge >= 0.3 is 5.97 Å². The van der Waals surface area contributed by atoms with E-state index in [9.17, 15) is 9.90 Å². The Labute approximate surface area is 104 Å². The number of aromatic nitrogens is 2. The molecule has 3 rings (SSSR count). The van der Waals surface area contributed by atoms with Crippen LogP contribution >= 0.6 is 0 Å². The third-order valence-electron chi connectivity index (χ3n) is 3.44. The summed E-state index contributed by atoms with van der Waals surface area (Å²) in [4.78, 5) is 19.3. The molecule has 0 aliphatic heterocycles. The molecule has 94 valence electrons. The quantitative estimate of drug-likeness (QED) is 0.789. The van der Waals surface area contributed by atoms with E-state index in [1.165, 1.54) is 7.11 Å². The van der Waals surface area contributed by atoms with Crippen LogP contribution in [0.15, 0.2) is 18.2 Å². The fraction of sp³-hybridized carbons (Fsp3) is 0.385. The monoisotopic (exact) mass is 246 g/mol. The van der Waals surface area contributed by atoms with Gasteiger partial charge in [-0.1, -0.05) is 6.07 Å². The number of para-hydroxylation sites is 1. The van der Waals surface area contributed by atoms with Crippen LogP contribution in [-0.2, 0) is 4.74 Å². The van der Waals surface area contributed by atoms with E-state index in [1.54, 1.807) is 12.1 Å². The molecule has 0 atom stereocenters. The van der Waals surface area contributed by atoms with Gasteiger partial charge in [-0.05, 0) is 25.0 Å². The molecule has 0 bridgehead atoms. The molecule has 1 fully saturated rings. The zero-order valence-corrected chi connectivity index (χ0v) is 10.0. The minimum absolute atomic E-state index is 0.219. The van der Waals surface area contributed by atoms with Crippen molar-refractivity contribution in [3.63, 3.8) is 0 Å². The number of hydrogen-bond donors (Lipinski definition) is 2. The van der Waals surface area contributed by atoms with Crippen LogP contribution in [0.5, 0.6) is 0 Å². The molecule has 0 saturated heterocycles. The Kier molecular flexibility index (Phi) is 2.56. The number of carbonyl (C=O) groups excluding carboxylic acids is 1. The van der Waals surface area contributed by atoms with Crippen LogP contribution in [0.3, 0.4) is 0 Å². The topological polar surface area (TPSA) is 75.2 Å². The van der Waals surface area contributed by atoms with E-state index in [1.807, 2.05) is 6.07 Å². The molecule has 0 amide bonds. The minimum Gasteiger partial charge on any atom is -0.465 e. The van der Waals surface area contributed by atoms with Gasteiger partial charge in [-0.2, -0.15) is 0 Å². The number of nitrogens with one attached hydrogen (secondary N) is 1. The molecule has 1 heterocycles. The summed E-state index contributed by atoms with van der Waals surface area (Å²) in [7, 11) is 1.36. The summed E-state index contributed by atoms with van der Waals surface area (Å²) in [5, 5.41) is 9.32. The van der Waals surface area contributed by atoms with Crippen molar-refractivity contribution in [2.45, 2.75) is 24.9 Å². The SMILES string of the molecule is COC(=O)c1cccc2[nH]c(C3CC(O)C3)nc12. The van der Waals surface area contributed by atoms with Gasteiger partial charge in [-0.25, -0.2) is 9.78 Å². The van der Waals surface area contributed by atoms with Crippen LogP contribution < -0.4 is 0 Å². The third kappa shape index (κ3) is 1.67. The van der Waals surface area contributed by atoms with Crippen molar-refractivity contribution in [1.82, 2.24) is 9.97 Å². The van der Waals surface area contributed by atoms with Crippen LogP contribution in [-0.4, -0.2) is 34.3 Å². The number of imidazole rings is 1. The summed E-state index contributed by atoms with van der Waals surface area (Å²) in [5.41, 5.74) is 1.94. The van der Waals surface area contributed by atoms with Crippen LogP contribution in [0.1, 0.15) is 34.9 Å². The molecule has 0 unspecified atom stereocenters. The van der Waals surface area contributed by atoms with E-state index >= 15 is 0 Å². The van der Waals surface area contributed by atoms with Gasteiger partial charge in [0.2, 0.25) is 0 Å². The minimum atomic E-state index is -0.382. The van der Waals surface area contributed by atoms with Crippen molar-refractivity contribution < 1.29 is 14.6 Å². The standard InChI is InChI=1S/C13H14N2O3/c1-18-13(17)9-3-2-4-10-11(9)15-12(14-10)7-5-8(16)6-7/h2-4,7-8,16H,5-6H2,1H3,(H,14,15). The van der Waals surface area contributed by atoms with Gasteiger partial charge in [0.1, 0.15) is 11.3 Å². The van der Waals surface area contributed by atoms with E-state index in [0.717, 1.165) is 24.2 Å². The summed E-state index contributed by atoms with van der Waals surface area (Å²) < 4.78 is 4.74. The molecule has 5 nitrogen and oxygen atoms in total. The van der Waals surface area contributed by atoms with Gasteiger partial charge in [-0.3, -0.25) is 0 Å². The van der Waals surface area contributed by atoms with Crippen molar-refractivity contribution in [3.8, 4) is 0 Å². The van der Waals surface area contributed by atoms with Crippen molar-refractivity contribution in [2.75, 3.05) is 7.11 Å². The first-order valence-corrected chi connectivity index (χ1v) is 5.94. The molecule has 1 aliphatic carbocycles. The van der Waals surface area contributed by atoms with Gasteiger partial charge in [0.15, 0.2) is 0 Å². The first kappa shape index (κ1) is 11.2. The smallest absolute Gasteiger partial charge is 0.340 e. The number of methoxy groups -OCH3 is 1. The molecule has 18 heavy (non-hydrogen) atoms. The molecule has 5 heteroatoms. The average Bonchev–Trinajstić information content (AvgIpc) is 2.76. The highest BCUT2D eigenvalue weighted by molar-refractivity contribution is 6.01. The fourth-order valence-electron chi connectivity index (χ4n) is 2.33. The summed E-state index contributed by atoms with van der Waals surface area (Å²) in [6, 6.07) is 5.38. The molecule has 1 saturated carbocycles. The Hall–Kier alpha value is -1.88. The van der Waals surface area contributed by atoms with E-state index in [2.05, 4.69) is 9.97 Å². The summed E-state index contributed by atoms with van der Waals surface area (Å²) in [6.45, 7) is 0. The second-order valence-corrected chi connectivity index (χ2v) is 4.64. The number of aliphatic hydroxyl groups excluding tert-OH is 1. The maximum Gasteiger partial charge on any atom is 0.340 e. The van der Waals surface area contributed by atoms with Crippen molar-refractivity contribution >= 4 is 17.0 Å². The van der Waals surface area contributed by atoms with E-state index < -0.39 is 0 Å². The highest BCUT2D eigenvalue weighted by Crippen LogP contribution is 2.36. The van der Waals surface area contributed by atoms with E-state index in [-0.39, 0.29) is 18.0 Å². The number of ether oxygens (including phenoxy) is 1. The number of aliphatic hydroxyl groups is 1. The number of H-pyrrole nitrogens is 1. The number of fused-ring (bicyclic) bond motifs is 1. The maximum absolute atomic E-state index is 11.6. The lowest BCUT2D eigenvalue weighted by molar-refractivity contribution is 0.0602. The molecule has 2 N–H and O–H groups in total. The molecule has 0 radical (unpaired) electrons. The Morgan fingerprint density at radius 2 is 2.28 bits per heavy atom. The molecule has 2 aromatic rings. The molecular formula is C13H14N2O3. The highest BCUT2D eigenvalue weighted by Gasteiger charge is 2.31. The normalized spacial score (nSPS) is 22.8. The van der Waals surface area contributed by atoms with Crippen molar-refractivity contribution in [3.05, 3.63) is 29.6 Å². The summed E-state index contributed by atoms with van der Waals surface area (Å²) in [5.74, 6) is 0.719. The van der Waals surface area contributed by atoms with Gasteiger partial charge in [-0.15, -0.1) is 0 Å². The Bertz CT molecular complexity index is 599. The number of rotatable bonds is 2. The Balaban J connectivity index is 2.03. The number of nitrogens with zero attached hydrogens (tertiary/aromatic N) is 1. The lowest BCUT2D eigenvalue weighted by Gasteiger charge is -2.29. The predicted molar refractivity (Wildman–Crippen MR) is 65.4 cm³/mol. The van der Waals surface area contributed by atoms with Crippen LogP contribution in [0.4, 0.5) is 0 Å². The summed E-state index contributed by atoms with van der Waals surface area (Å²) >= 11 is 0. The van der Waals surface area contributed by atoms with Crippen LogP contribution in [0.25, 0.3) is 11.0 Å². The van der Waals surface area contributed by atoms with Gasteiger partial charge in [0.25, 0.3) is 0 Å². The van der Waals surface area contributed by atoms with Crippen molar-refractivity contribution in [1.29, 1.82) is 0 Å². The Morgan fingerprint density at radius 3 is 2.94 bits per heavy atom.